The summed E-state index contributed by atoms with van der Waals surface area (Å²) in [6.45, 7) is 0. The predicted molar refractivity (Wildman–Crippen MR) is 88.2 cm³/mol. The van der Waals surface area contributed by atoms with Crippen LogP contribution in [0.5, 0.6) is 0 Å². The van der Waals surface area contributed by atoms with E-state index in [0.29, 0.717) is 6.42 Å². The number of rotatable bonds is 4. The van der Waals surface area contributed by atoms with E-state index in [-0.39, 0.29) is 11.5 Å². The fourth-order valence-corrected chi connectivity index (χ4v) is 3.99. The van der Waals surface area contributed by atoms with Crippen molar-refractivity contribution in [3.05, 3.63) is 64.4 Å². The number of benzene rings is 1. The number of aliphatic hydroxyl groups is 1. The molecule has 1 unspecified atom stereocenters. The van der Waals surface area contributed by atoms with Crippen LogP contribution in [0.3, 0.4) is 0 Å². The highest BCUT2D eigenvalue weighted by molar-refractivity contribution is 9.10. The molecule has 0 spiro atoms. The zero-order valence-corrected chi connectivity index (χ0v) is 13.6. The lowest BCUT2D eigenvalue weighted by atomic mass is 9.72. The van der Waals surface area contributed by atoms with E-state index in [2.05, 4.69) is 45.2 Å². The largest absolute Gasteiger partial charge is 0.392 e. The minimum Gasteiger partial charge on any atom is -0.392 e. The third kappa shape index (κ3) is 3.04. The van der Waals surface area contributed by atoms with Crippen LogP contribution in [0.2, 0.25) is 0 Å². The highest BCUT2D eigenvalue weighted by atomic mass is 79.9. The van der Waals surface area contributed by atoms with Gasteiger partial charge >= 0.3 is 0 Å². The van der Waals surface area contributed by atoms with Crippen molar-refractivity contribution in [3.8, 4) is 0 Å². The summed E-state index contributed by atoms with van der Waals surface area (Å²) in [6.07, 6.45) is 8.45. The predicted octanol–water partition coefficient (Wildman–Crippen LogP) is 4.26. The van der Waals surface area contributed by atoms with Gasteiger partial charge in [0, 0.05) is 28.7 Å². The van der Waals surface area contributed by atoms with Crippen LogP contribution in [0, 0.1) is 0 Å². The van der Waals surface area contributed by atoms with E-state index in [0.717, 1.165) is 22.9 Å². The van der Waals surface area contributed by atoms with Crippen molar-refractivity contribution in [1.82, 2.24) is 4.98 Å². The molecule has 1 atom stereocenters. The van der Waals surface area contributed by atoms with Crippen LogP contribution in [0.1, 0.15) is 36.8 Å². The molecule has 21 heavy (non-hydrogen) atoms. The Morgan fingerprint density at radius 3 is 2.52 bits per heavy atom. The molecular formula is C18H20BrNO. The van der Waals surface area contributed by atoms with Crippen molar-refractivity contribution in [1.29, 1.82) is 0 Å². The van der Waals surface area contributed by atoms with Gasteiger partial charge in [-0.25, -0.2) is 0 Å². The van der Waals surface area contributed by atoms with Gasteiger partial charge in [0.1, 0.15) is 0 Å². The molecule has 1 aliphatic rings. The minimum absolute atomic E-state index is 0.0937. The van der Waals surface area contributed by atoms with Crippen molar-refractivity contribution in [2.45, 2.75) is 43.6 Å². The molecule has 0 saturated heterocycles. The lowest BCUT2D eigenvalue weighted by molar-refractivity contribution is 0.0825. The van der Waals surface area contributed by atoms with Gasteiger partial charge in [0.25, 0.3) is 0 Å². The van der Waals surface area contributed by atoms with Crippen LogP contribution in [0.4, 0.5) is 0 Å². The van der Waals surface area contributed by atoms with Crippen LogP contribution in [0.15, 0.2) is 53.3 Å². The van der Waals surface area contributed by atoms with Crippen molar-refractivity contribution in [2.75, 3.05) is 0 Å². The summed E-state index contributed by atoms with van der Waals surface area (Å²) >= 11 is 3.45. The van der Waals surface area contributed by atoms with Crippen LogP contribution < -0.4 is 0 Å². The topological polar surface area (TPSA) is 33.1 Å². The highest BCUT2D eigenvalue weighted by Crippen LogP contribution is 2.44. The SMILES string of the molecule is OC(Cc1cncc(Br)c1)C1(c2ccccc2)CCCC1. The molecule has 1 N–H and O–H groups in total. The molecule has 1 aromatic heterocycles. The molecule has 0 aliphatic heterocycles. The summed E-state index contributed by atoms with van der Waals surface area (Å²) in [5.74, 6) is 0. The van der Waals surface area contributed by atoms with E-state index in [1.54, 1.807) is 6.20 Å². The van der Waals surface area contributed by atoms with Gasteiger partial charge in [-0.05, 0) is 46.0 Å². The molecule has 2 nitrogen and oxygen atoms in total. The third-order valence-corrected chi connectivity index (χ3v) is 5.11. The van der Waals surface area contributed by atoms with Crippen molar-refractivity contribution >= 4 is 15.9 Å². The Bertz CT molecular complexity index is 593. The number of aliphatic hydroxyl groups excluding tert-OH is 1. The second kappa shape index (κ2) is 6.29. The van der Waals surface area contributed by atoms with E-state index in [4.69, 9.17) is 0 Å². The van der Waals surface area contributed by atoms with Gasteiger partial charge in [-0.1, -0.05) is 43.2 Å². The number of nitrogens with zero attached hydrogens (tertiary/aromatic N) is 1. The smallest absolute Gasteiger partial charge is 0.0677 e. The maximum Gasteiger partial charge on any atom is 0.0677 e. The Morgan fingerprint density at radius 2 is 1.86 bits per heavy atom. The van der Waals surface area contributed by atoms with E-state index >= 15 is 0 Å². The summed E-state index contributed by atoms with van der Waals surface area (Å²) < 4.78 is 0.965. The average molecular weight is 346 g/mol. The summed E-state index contributed by atoms with van der Waals surface area (Å²) in [5.41, 5.74) is 2.26. The number of pyridine rings is 1. The fourth-order valence-electron chi connectivity index (χ4n) is 3.58. The zero-order valence-electron chi connectivity index (χ0n) is 12.0. The van der Waals surface area contributed by atoms with E-state index in [1.807, 2.05) is 18.3 Å². The molecule has 1 aliphatic carbocycles. The van der Waals surface area contributed by atoms with Gasteiger partial charge in [0.15, 0.2) is 0 Å². The van der Waals surface area contributed by atoms with Gasteiger partial charge in [-0.3, -0.25) is 4.98 Å². The van der Waals surface area contributed by atoms with Crippen LogP contribution in [-0.4, -0.2) is 16.2 Å². The average Bonchev–Trinajstić information content (AvgIpc) is 2.99. The highest BCUT2D eigenvalue weighted by Gasteiger charge is 2.41. The minimum atomic E-state index is -0.363. The second-order valence-corrected chi connectivity index (χ2v) is 6.88. The first-order valence-electron chi connectivity index (χ1n) is 7.54. The Kier molecular flexibility index (Phi) is 4.41. The Balaban J connectivity index is 1.87. The summed E-state index contributed by atoms with van der Waals surface area (Å²) in [6, 6.07) is 12.5. The lowest BCUT2D eigenvalue weighted by Crippen LogP contribution is -2.38. The molecule has 1 fully saturated rings. The molecule has 1 saturated carbocycles. The van der Waals surface area contributed by atoms with Gasteiger partial charge in [0.05, 0.1) is 6.10 Å². The number of hydrogen-bond donors (Lipinski definition) is 1. The first-order valence-corrected chi connectivity index (χ1v) is 8.33. The molecule has 0 bridgehead atoms. The van der Waals surface area contributed by atoms with E-state index in [1.165, 1.54) is 18.4 Å². The standard InChI is InChI=1S/C18H20BrNO/c19-16-10-14(12-20-13-16)11-17(21)18(8-4-5-9-18)15-6-2-1-3-7-15/h1-3,6-7,10,12-13,17,21H,4-5,8-9,11H2. The monoisotopic (exact) mass is 345 g/mol. The molecule has 0 radical (unpaired) electrons. The molecular weight excluding hydrogens is 326 g/mol. The van der Waals surface area contributed by atoms with Crippen molar-refractivity contribution in [2.24, 2.45) is 0 Å². The Morgan fingerprint density at radius 1 is 1.14 bits per heavy atom. The third-order valence-electron chi connectivity index (χ3n) is 4.67. The maximum atomic E-state index is 11.0. The van der Waals surface area contributed by atoms with E-state index in [9.17, 15) is 5.11 Å². The fraction of sp³-hybridized carbons (Fsp3) is 0.389. The van der Waals surface area contributed by atoms with Crippen molar-refractivity contribution < 1.29 is 5.11 Å². The molecule has 110 valence electrons. The first kappa shape index (κ1) is 14.7. The van der Waals surface area contributed by atoms with Gasteiger partial charge in [-0.2, -0.15) is 0 Å². The first-order chi connectivity index (χ1) is 10.2. The quantitative estimate of drug-likeness (QED) is 0.897. The normalized spacial score (nSPS) is 18.6. The second-order valence-electron chi connectivity index (χ2n) is 5.96. The van der Waals surface area contributed by atoms with Crippen LogP contribution in [-0.2, 0) is 11.8 Å². The van der Waals surface area contributed by atoms with Crippen LogP contribution in [0.25, 0.3) is 0 Å². The number of halogens is 1. The van der Waals surface area contributed by atoms with Gasteiger partial charge in [0.2, 0.25) is 0 Å². The molecule has 3 heteroatoms. The zero-order chi connectivity index (χ0) is 14.7. The Hall–Kier alpha value is -1.19. The van der Waals surface area contributed by atoms with Crippen LogP contribution >= 0.6 is 15.9 Å². The summed E-state index contributed by atoms with van der Waals surface area (Å²) in [5, 5.41) is 11.0. The molecule has 0 amide bonds. The van der Waals surface area contributed by atoms with Gasteiger partial charge < -0.3 is 5.11 Å². The maximum absolute atomic E-state index is 11.0. The molecule has 1 heterocycles. The Labute approximate surface area is 134 Å². The number of aromatic nitrogens is 1. The molecule has 1 aromatic carbocycles. The summed E-state index contributed by atoms with van der Waals surface area (Å²) in [7, 11) is 0. The molecule has 3 rings (SSSR count). The van der Waals surface area contributed by atoms with Crippen molar-refractivity contribution in [3.63, 3.8) is 0 Å². The number of hydrogen-bond acceptors (Lipinski definition) is 2. The van der Waals surface area contributed by atoms with Gasteiger partial charge in [-0.15, -0.1) is 0 Å². The summed E-state index contributed by atoms with van der Waals surface area (Å²) in [4.78, 5) is 4.20. The lowest BCUT2D eigenvalue weighted by Gasteiger charge is -2.35. The van der Waals surface area contributed by atoms with E-state index < -0.39 is 0 Å². The molecule has 2 aromatic rings.